The number of aromatic nitrogens is 1. The third-order valence-electron chi connectivity index (χ3n) is 1.78. The predicted molar refractivity (Wildman–Crippen MR) is 53.6 cm³/mol. The van der Waals surface area contributed by atoms with E-state index in [1.54, 1.807) is 18.3 Å². The molecule has 14 heavy (non-hydrogen) atoms. The fraction of sp³-hybridized carbons (Fsp3) is 0.400. The molecule has 0 aliphatic carbocycles. The zero-order valence-corrected chi connectivity index (χ0v) is 8.32. The molecule has 4 heteroatoms. The molecule has 2 N–H and O–H groups in total. The Bertz CT molecular complexity index is 324. The molecule has 1 heterocycles. The van der Waals surface area contributed by atoms with Gasteiger partial charge < -0.3 is 10.4 Å². The van der Waals surface area contributed by atoms with Gasteiger partial charge in [0.1, 0.15) is 5.82 Å². The Morgan fingerprint density at radius 2 is 2.36 bits per heavy atom. The second-order valence-electron chi connectivity index (χ2n) is 3.35. The number of nitrogens with zero attached hydrogens (tertiary/aromatic N) is 1. The van der Waals surface area contributed by atoms with E-state index in [0.29, 0.717) is 5.82 Å². The van der Waals surface area contributed by atoms with Gasteiger partial charge in [-0.05, 0) is 17.7 Å². The summed E-state index contributed by atoms with van der Waals surface area (Å²) >= 11 is 0. The lowest BCUT2D eigenvalue weighted by Gasteiger charge is -2.07. The summed E-state index contributed by atoms with van der Waals surface area (Å²) < 4.78 is 0. The van der Waals surface area contributed by atoms with E-state index in [1.165, 1.54) is 0 Å². The first kappa shape index (κ1) is 10.7. The fourth-order valence-corrected chi connectivity index (χ4v) is 0.912. The van der Waals surface area contributed by atoms with E-state index in [4.69, 9.17) is 5.11 Å². The van der Waals surface area contributed by atoms with Gasteiger partial charge in [0.05, 0.1) is 6.61 Å². The SMILES string of the molecule is CC(C)C(=O)Nc1cc(CO)ccn1. The molecule has 1 aromatic rings. The molecule has 0 fully saturated rings. The summed E-state index contributed by atoms with van der Waals surface area (Å²) in [7, 11) is 0. The van der Waals surface area contributed by atoms with Crippen LogP contribution in [-0.4, -0.2) is 16.0 Å². The highest BCUT2D eigenvalue weighted by Gasteiger charge is 2.07. The number of pyridine rings is 1. The molecular weight excluding hydrogens is 180 g/mol. The van der Waals surface area contributed by atoms with Gasteiger partial charge in [-0.1, -0.05) is 13.8 Å². The largest absolute Gasteiger partial charge is 0.392 e. The van der Waals surface area contributed by atoms with Crippen LogP contribution in [0.4, 0.5) is 5.82 Å². The third kappa shape index (κ3) is 2.81. The number of anilines is 1. The lowest BCUT2D eigenvalue weighted by atomic mass is 10.2. The predicted octanol–water partition coefficient (Wildman–Crippen LogP) is 1.17. The number of rotatable bonds is 3. The van der Waals surface area contributed by atoms with Crippen LogP contribution in [0.25, 0.3) is 0 Å². The topological polar surface area (TPSA) is 62.2 Å². The maximum atomic E-state index is 11.3. The fourth-order valence-electron chi connectivity index (χ4n) is 0.912. The van der Waals surface area contributed by atoms with Crippen molar-refractivity contribution in [2.24, 2.45) is 5.92 Å². The Morgan fingerprint density at radius 3 is 2.93 bits per heavy atom. The Labute approximate surface area is 83.0 Å². The van der Waals surface area contributed by atoms with Gasteiger partial charge >= 0.3 is 0 Å². The first-order valence-corrected chi connectivity index (χ1v) is 4.50. The minimum absolute atomic E-state index is 0.0485. The smallest absolute Gasteiger partial charge is 0.228 e. The van der Waals surface area contributed by atoms with Crippen molar-refractivity contribution in [1.82, 2.24) is 4.98 Å². The molecule has 0 saturated heterocycles. The van der Waals surface area contributed by atoms with Crippen molar-refractivity contribution in [3.8, 4) is 0 Å². The number of nitrogens with one attached hydrogen (secondary N) is 1. The molecule has 76 valence electrons. The Morgan fingerprint density at radius 1 is 1.64 bits per heavy atom. The summed E-state index contributed by atoms with van der Waals surface area (Å²) in [5.41, 5.74) is 0.735. The van der Waals surface area contributed by atoms with Crippen LogP contribution in [-0.2, 0) is 11.4 Å². The van der Waals surface area contributed by atoms with E-state index in [-0.39, 0.29) is 18.4 Å². The van der Waals surface area contributed by atoms with E-state index >= 15 is 0 Å². The second-order valence-corrected chi connectivity index (χ2v) is 3.35. The molecule has 1 rings (SSSR count). The molecule has 0 aromatic carbocycles. The Kier molecular flexibility index (Phi) is 3.59. The van der Waals surface area contributed by atoms with E-state index in [2.05, 4.69) is 10.3 Å². The van der Waals surface area contributed by atoms with Crippen molar-refractivity contribution in [3.63, 3.8) is 0 Å². The first-order chi connectivity index (χ1) is 6.63. The number of aliphatic hydroxyl groups is 1. The molecule has 4 nitrogen and oxygen atoms in total. The highest BCUT2D eigenvalue weighted by atomic mass is 16.3. The van der Waals surface area contributed by atoms with Crippen molar-refractivity contribution >= 4 is 11.7 Å². The normalized spacial score (nSPS) is 10.3. The van der Waals surface area contributed by atoms with Crippen molar-refractivity contribution in [3.05, 3.63) is 23.9 Å². The van der Waals surface area contributed by atoms with Crippen LogP contribution in [0.2, 0.25) is 0 Å². The van der Waals surface area contributed by atoms with Crippen LogP contribution >= 0.6 is 0 Å². The summed E-state index contributed by atoms with van der Waals surface area (Å²) in [5, 5.41) is 11.5. The maximum absolute atomic E-state index is 11.3. The minimum Gasteiger partial charge on any atom is -0.392 e. The number of aliphatic hydroxyl groups excluding tert-OH is 1. The maximum Gasteiger partial charge on any atom is 0.228 e. The van der Waals surface area contributed by atoms with Crippen molar-refractivity contribution in [2.45, 2.75) is 20.5 Å². The van der Waals surface area contributed by atoms with Gasteiger partial charge in [0, 0.05) is 12.1 Å². The van der Waals surface area contributed by atoms with E-state index in [9.17, 15) is 4.79 Å². The molecule has 0 atom stereocenters. The summed E-state index contributed by atoms with van der Waals surface area (Å²) in [6.45, 7) is 3.57. The summed E-state index contributed by atoms with van der Waals surface area (Å²) in [5.74, 6) is 0.331. The van der Waals surface area contributed by atoms with Gasteiger partial charge in [-0.25, -0.2) is 4.98 Å². The van der Waals surface area contributed by atoms with Crippen molar-refractivity contribution in [2.75, 3.05) is 5.32 Å². The first-order valence-electron chi connectivity index (χ1n) is 4.50. The molecule has 1 amide bonds. The lowest BCUT2D eigenvalue weighted by molar-refractivity contribution is -0.118. The monoisotopic (exact) mass is 194 g/mol. The summed E-state index contributed by atoms with van der Waals surface area (Å²) in [4.78, 5) is 15.3. The molecule has 1 aromatic heterocycles. The van der Waals surface area contributed by atoms with E-state index in [1.807, 2.05) is 13.8 Å². The minimum atomic E-state index is -0.0763. The highest BCUT2D eigenvalue weighted by molar-refractivity contribution is 5.91. The number of carbonyl (C=O) groups excluding carboxylic acids is 1. The average Bonchev–Trinajstić information content (AvgIpc) is 2.18. The molecule has 0 saturated carbocycles. The van der Waals surface area contributed by atoms with Crippen molar-refractivity contribution < 1.29 is 9.90 Å². The van der Waals surface area contributed by atoms with E-state index < -0.39 is 0 Å². The molecule has 0 bridgehead atoms. The highest BCUT2D eigenvalue weighted by Crippen LogP contribution is 2.07. The zero-order valence-electron chi connectivity index (χ0n) is 8.32. The molecule has 0 aliphatic heterocycles. The third-order valence-corrected chi connectivity index (χ3v) is 1.78. The number of hydrogen-bond donors (Lipinski definition) is 2. The average molecular weight is 194 g/mol. The van der Waals surface area contributed by atoms with Crippen molar-refractivity contribution in [1.29, 1.82) is 0 Å². The van der Waals surface area contributed by atoms with Crippen LogP contribution < -0.4 is 5.32 Å². The molecule has 0 aliphatic rings. The van der Waals surface area contributed by atoms with Crippen LogP contribution in [0.3, 0.4) is 0 Å². The van der Waals surface area contributed by atoms with Crippen LogP contribution in [0.5, 0.6) is 0 Å². The quantitative estimate of drug-likeness (QED) is 0.759. The van der Waals surface area contributed by atoms with Crippen LogP contribution in [0, 0.1) is 5.92 Å². The Hall–Kier alpha value is -1.42. The molecular formula is C10H14N2O2. The van der Waals surface area contributed by atoms with Gasteiger partial charge in [0.25, 0.3) is 0 Å². The number of carbonyl (C=O) groups is 1. The molecule has 0 unspecified atom stereocenters. The Balaban J connectivity index is 2.72. The van der Waals surface area contributed by atoms with E-state index in [0.717, 1.165) is 5.56 Å². The van der Waals surface area contributed by atoms with Gasteiger partial charge in [0.15, 0.2) is 0 Å². The van der Waals surface area contributed by atoms with Gasteiger partial charge in [-0.3, -0.25) is 4.79 Å². The molecule has 0 spiro atoms. The second kappa shape index (κ2) is 4.72. The number of hydrogen-bond acceptors (Lipinski definition) is 3. The van der Waals surface area contributed by atoms with Gasteiger partial charge in [-0.15, -0.1) is 0 Å². The summed E-state index contributed by atoms with van der Waals surface area (Å²) in [6, 6.07) is 3.35. The summed E-state index contributed by atoms with van der Waals surface area (Å²) in [6.07, 6.45) is 1.56. The zero-order chi connectivity index (χ0) is 10.6. The van der Waals surface area contributed by atoms with Crippen LogP contribution in [0.15, 0.2) is 18.3 Å². The van der Waals surface area contributed by atoms with Gasteiger partial charge in [0.2, 0.25) is 5.91 Å². The van der Waals surface area contributed by atoms with Crippen LogP contribution in [0.1, 0.15) is 19.4 Å². The standard InChI is InChI=1S/C10H14N2O2/c1-7(2)10(14)12-9-5-8(6-13)3-4-11-9/h3-5,7,13H,6H2,1-2H3,(H,11,12,14). The van der Waals surface area contributed by atoms with Gasteiger partial charge in [-0.2, -0.15) is 0 Å². The lowest BCUT2D eigenvalue weighted by Crippen LogP contribution is -2.18. The molecule has 0 radical (unpaired) electrons. The number of amides is 1.